The highest BCUT2D eigenvalue weighted by molar-refractivity contribution is 6.30. The summed E-state index contributed by atoms with van der Waals surface area (Å²) < 4.78 is 13.5. The number of rotatable bonds is 1. The highest BCUT2D eigenvalue weighted by Crippen LogP contribution is 2.43. The van der Waals surface area contributed by atoms with Crippen LogP contribution >= 0.6 is 11.6 Å². The number of H-pyrrole nitrogens is 3. The molecule has 1 aromatic carbocycles. The van der Waals surface area contributed by atoms with Crippen molar-refractivity contribution in [1.29, 1.82) is 0 Å². The van der Waals surface area contributed by atoms with Crippen LogP contribution in [-0.4, -0.2) is 20.2 Å². The number of nitrogens with zero attached hydrogens (tertiary/aromatic N) is 1. The zero-order chi connectivity index (χ0) is 17.0. The molecule has 122 valence electrons. The second-order valence-electron chi connectivity index (χ2n) is 5.54. The molecule has 0 aliphatic carbocycles. The molecule has 0 amide bonds. The van der Waals surface area contributed by atoms with E-state index in [1.165, 1.54) is 12.1 Å². The quantitative estimate of drug-likeness (QED) is 0.423. The molecule has 1 aliphatic heterocycles. The van der Waals surface area contributed by atoms with Crippen LogP contribution in [0.3, 0.4) is 0 Å². The van der Waals surface area contributed by atoms with Crippen molar-refractivity contribution in [2.24, 2.45) is 0 Å². The molecule has 4 rings (SSSR count). The Morgan fingerprint density at radius 2 is 2.00 bits per heavy atom. The Bertz CT molecular complexity index is 1080. The van der Waals surface area contributed by atoms with Crippen LogP contribution in [0.1, 0.15) is 28.3 Å². The second kappa shape index (κ2) is 5.07. The fraction of sp³-hybridized carbons (Fsp3) is 0.133. The molecule has 1 unspecified atom stereocenters. The molecule has 0 saturated heterocycles. The highest BCUT2D eigenvalue weighted by atomic mass is 35.5. The zero-order valence-electron chi connectivity index (χ0n) is 12.3. The number of aromatic nitrogens is 4. The molecule has 1 atom stereocenters. The topological polar surface area (TPSA) is 106 Å². The van der Waals surface area contributed by atoms with Gasteiger partial charge in [-0.1, -0.05) is 17.7 Å². The van der Waals surface area contributed by atoms with Crippen molar-refractivity contribution >= 4 is 23.2 Å². The summed E-state index contributed by atoms with van der Waals surface area (Å²) in [5.74, 6) is -0.345. The van der Waals surface area contributed by atoms with Crippen molar-refractivity contribution in [3.63, 3.8) is 0 Å². The maximum atomic E-state index is 13.5. The van der Waals surface area contributed by atoms with Crippen molar-refractivity contribution < 1.29 is 4.39 Å². The maximum absolute atomic E-state index is 13.5. The van der Waals surface area contributed by atoms with Gasteiger partial charge in [0.1, 0.15) is 11.6 Å². The van der Waals surface area contributed by atoms with Crippen molar-refractivity contribution in [3.05, 3.63) is 72.3 Å². The van der Waals surface area contributed by atoms with Gasteiger partial charge in [0.05, 0.1) is 10.6 Å². The van der Waals surface area contributed by atoms with Crippen molar-refractivity contribution in [3.8, 4) is 0 Å². The molecule has 0 bridgehead atoms. The summed E-state index contributed by atoms with van der Waals surface area (Å²) in [6, 6.07) is 4.27. The number of aryl methyl sites for hydroxylation is 1. The minimum Gasteiger partial charge on any atom is -0.324 e. The lowest BCUT2D eigenvalue weighted by Gasteiger charge is -2.25. The molecule has 9 heteroatoms. The van der Waals surface area contributed by atoms with E-state index in [2.05, 4.69) is 25.5 Å². The Kier molecular flexibility index (Phi) is 3.10. The highest BCUT2D eigenvalue weighted by Gasteiger charge is 2.34. The van der Waals surface area contributed by atoms with Crippen LogP contribution in [0, 0.1) is 12.7 Å². The third-order valence-corrected chi connectivity index (χ3v) is 4.36. The van der Waals surface area contributed by atoms with Gasteiger partial charge in [0.25, 0.3) is 5.56 Å². The molecular weight excluding hydrogens is 337 g/mol. The molecule has 0 fully saturated rings. The van der Waals surface area contributed by atoms with Crippen molar-refractivity contribution in [1.82, 2.24) is 20.2 Å². The Morgan fingerprint density at radius 3 is 2.75 bits per heavy atom. The molecule has 24 heavy (non-hydrogen) atoms. The van der Waals surface area contributed by atoms with E-state index in [4.69, 9.17) is 11.6 Å². The molecule has 2 aromatic heterocycles. The summed E-state index contributed by atoms with van der Waals surface area (Å²) in [5, 5.41) is 9.90. The molecule has 7 nitrogen and oxygen atoms in total. The Morgan fingerprint density at radius 1 is 1.21 bits per heavy atom. The predicted molar refractivity (Wildman–Crippen MR) is 86.6 cm³/mol. The van der Waals surface area contributed by atoms with Crippen LogP contribution in [0.15, 0.2) is 27.8 Å². The second-order valence-corrected chi connectivity index (χ2v) is 5.95. The molecule has 3 heterocycles. The van der Waals surface area contributed by atoms with Crippen LogP contribution in [-0.2, 0) is 0 Å². The number of nitrogens with one attached hydrogen (secondary N) is 4. The van der Waals surface area contributed by atoms with Gasteiger partial charge in [0, 0.05) is 17.2 Å². The predicted octanol–water partition coefficient (Wildman–Crippen LogP) is 2.12. The minimum absolute atomic E-state index is 0.0452. The average molecular weight is 348 g/mol. The molecule has 0 spiro atoms. The summed E-state index contributed by atoms with van der Waals surface area (Å²) in [6.45, 7) is 1.82. The van der Waals surface area contributed by atoms with Gasteiger partial charge in [0.15, 0.2) is 5.82 Å². The van der Waals surface area contributed by atoms with E-state index < -0.39 is 23.0 Å². The molecule has 1 aliphatic rings. The third kappa shape index (κ3) is 2.07. The van der Waals surface area contributed by atoms with E-state index in [1.54, 1.807) is 6.07 Å². The number of benzene rings is 1. The zero-order valence-corrected chi connectivity index (χ0v) is 13.1. The Balaban J connectivity index is 2.05. The number of fused-ring (bicyclic) bond motifs is 2. The van der Waals surface area contributed by atoms with Crippen LogP contribution < -0.4 is 16.6 Å². The first-order valence-electron chi connectivity index (χ1n) is 7.09. The number of hydrogen-bond donors (Lipinski definition) is 4. The van der Waals surface area contributed by atoms with Crippen molar-refractivity contribution in [2.75, 3.05) is 5.32 Å². The van der Waals surface area contributed by atoms with Crippen LogP contribution in [0.5, 0.6) is 0 Å². The number of anilines is 2. The normalized spacial score (nSPS) is 15.5. The lowest BCUT2D eigenvalue weighted by molar-refractivity contribution is 0.627. The van der Waals surface area contributed by atoms with E-state index in [9.17, 15) is 14.0 Å². The van der Waals surface area contributed by atoms with Crippen molar-refractivity contribution in [2.45, 2.75) is 12.8 Å². The van der Waals surface area contributed by atoms with E-state index in [0.29, 0.717) is 16.9 Å². The van der Waals surface area contributed by atoms with E-state index in [0.717, 1.165) is 11.3 Å². The van der Waals surface area contributed by atoms with Gasteiger partial charge in [-0.3, -0.25) is 19.9 Å². The van der Waals surface area contributed by atoms with Gasteiger partial charge in [-0.2, -0.15) is 5.10 Å². The third-order valence-electron chi connectivity index (χ3n) is 4.07. The van der Waals surface area contributed by atoms with Crippen LogP contribution in [0.4, 0.5) is 16.0 Å². The smallest absolute Gasteiger partial charge is 0.324 e. The summed E-state index contributed by atoms with van der Waals surface area (Å²) in [5.41, 5.74) is 1.26. The van der Waals surface area contributed by atoms with Crippen LogP contribution in [0.25, 0.3) is 0 Å². The first kappa shape index (κ1) is 14.7. The lowest BCUT2D eigenvalue weighted by Crippen LogP contribution is -2.31. The van der Waals surface area contributed by atoms with Gasteiger partial charge < -0.3 is 5.32 Å². The Labute approximate surface area is 138 Å². The molecule has 0 radical (unpaired) electrons. The van der Waals surface area contributed by atoms with E-state index in [-0.39, 0.29) is 10.8 Å². The molecular formula is C15H11ClFN5O2. The first-order valence-corrected chi connectivity index (χ1v) is 7.47. The van der Waals surface area contributed by atoms with Crippen LogP contribution in [0.2, 0.25) is 5.02 Å². The molecule has 0 saturated carbocycles. The lowest BCUT2D eigenvalue weighted by atomic mass is 9.83. The van der Waals surface area contributed by atoms with Gasteiger partial charge in [-0.15, -0.1) is 0 Å². The molecule has 3 aromatic rings. The first-order chi connectivity index (χ1) is 11.5. The standard InChI is InChI=1S/C15H11ClFN5O2/c1-5-9-10(6-2-3-8(17)7(16)4-6)11-12(18-13(9)22-21-5)19-15(24)20-14(11)23/h2-4,10H,1H3,(H4,18,19,20,21,22,23,24). The largest absolute Gasteiger partial charge is 0.327 e. The number of aromatic amines is 3. The minimum atomic E-state index is -0.627. The maximum Gasteiger partial charge on any atom is 0.327 e. The SMILES string of the molecule is Cc1[nH]nc2c1C(c1ccc(F)c(Cl)c1)c1c([nH]c(=O)[nH]c1=O)N2. The van der Waals surface area contributed by atoms with Gasteiger partial charge in [-0.25, -0.2) is 9.18 Å². The van der Waals surface area contributed by atoms with E-state index >= 15 is 0 Å². The van der Waals surface area contributed by atoms with Gasteiger partial charge >= 0.3 is 5.69 Å². The summed E-state index contributed by atoms with van der Waals surface area (Å²) in [4.78, 5) is 28.8. The summed E-state index contributed by atoms with van der Waals surface area (Å²) >= 11 is 5.91. The number of halogens is 2. The number of hydrogen-bond acceptors (Lipinski definition) is 4. The van der Waals surface area contributed by atoms with Gasteiger partial charge in [-0.05, 0) is 24.6 Å². The van der Waals surface area contributed by atoms with E-state index in [1.807, 2.05) is 6.92 Å². The molecule has 4 N–H and O–H groups in total. The van der Waals surface area contributed by atoms with Gasteiger partial charge in [0.2, 0.25) is 0 Å². The summed E-state index contributed by atoms with van der Waals surface area (Å²) in [7, 11) is 0. The monoisotopic (exact) mass is 347 g/mol. The average Bonchev–Trinajstić information content (AvgIpc) is 2.89. The fourth-order valence-electron chi connectivity index (χ4n) is 3.04. The summed E-state index contributed by atoms with van der Waals surface area (Å²) in [6.07, 6.45) is 0. The fourth-order valence-corrected chi connectivity index (χ4v) is 3.23. The Hall–Kier alpha value is -2.87.